The monoisotopic (exact) mass is 321 g/mol. The number of carbonyl (C=O) groups is 1. The van der Waals surface area contributed by atoms with Gasteiger partial charge in [-0.1, -0.05) is 23.9 Å². The van der Waals surface area contributed by atoms with Gasteiger partial charge in [0.1, 0.15) is 6.61 Å². The standard InChI is InChI=1S/C15H19N3O3S/c1-20-9-7-18-13-5-3-2-4-12(13)16-14(18)22-11-8-17-6-10-21-15(17)19/h2-5H,6-11H2,1H3. The Labute approximate surface area is 133 Å². The Morgan fingerprint density at radius 3 is 3.00 bits per heavy atom. The molecule has 0 unspecified atom stereocenters. The predicted molar refractivity (Wildman–Crippen MR) is 85.3 cm³/mol. The van der Waals surface area contributed by atoms with E-state index in [2.05, 4.69) is 15.6 Å². The Kier molecular flexibility index (Phi) is 4.84. The van der Waals surface area contributed by atoms with Gasteiger partial charge in [-0.3, -0.25) is 0 Å². The number of cyclic esters (lactones) is 1. The van der Waals surface area contributed by atoms with Crippen molar-refractivity contribution in [2.75, 3.05) is 39.2 Å². The first kappa shape index (κ1) is 15.2. The second kappa shape index (κ2) is 7.02. The molecule has 1 fully saturated rings. The van der Waals surface area contributed by atoms with Crippen LogP contribution in [0.2, 0.25) is 0 Å². The lowest BCUT2D eigenvalue weighted by atomic mass is 10.3. The normalized spacial score (nSPS) is 14.8. The van der Waals surface area contributed by atoms with Gasteiger partial charge in [-0.2, -0.15) is 0 Å². The second-order valence-electron chi connectivity index (χ2n) is 4.98. The third-order valence-corrected chi connectivity index (χ3v) is 4.53. The van der Waals surface area contributed by atoms with Crippen molar-refractivity contribution in [1.29, 1.82) is 0 Å². The number of amides is 1. The summed E-state index contributed by atoms with van der Waals surface area (Å²) in [4.78, 5) is 17.8. The molecule has 1 aromatic heterocycles. The number of methoxy groups -OCH3 is 1. The summed E-state index contributed by atoms with van der Waals surface area (Å²) in [6.45, 7) is 3.27. The summed E-state index contributed by atoms with van der Waals surface area (Å²) >= 11 is 1.66. The van der Waals surface area contributed by atoms with E-state index in [1.807, 2.05) is 18.2 Å². The van der Waals surface area contributed by atoms with Crippen molar-refractivity contribution in [2.24, 2.45) is 0 Å². The maximum absolute atomic E-state index is 11.4. The molecule has 22 heavy (non-hydrogen) atoms. The van der Waals surface area contributed by atoms with Gasteiger partial charge in [0, 0.05) is 26.0 Å². The molecule has 1 aliphatic heterocycles. The molecule has 0 N–H and O–H groups in total. The number of ether oxygens (including phenoxy) is 2. The van der Waals surface area contributed by atoms with Crippen LogP contribution < -0.4 is 0 Å². The van der Waals surface area contributed by atoms with Crippen LogP contribution in [0.1, 0.15) is 0 Å². The topological polar surface area (TPSA) is 56.6 Å². The van der Waals surface area contributed by atoms with E-state index in [9.17, 15) is 4.79 Å². The van der Waals surface area contributed by atoms with Crippen molar-refractivity contribution < 1.29 is 14.3 Å². The van der Waals surface area contributed by atoms with Crippen LogP contribution in [0.3, 0.4) is 0 Å². The Balaban J connectivity index is 1.70. The van der Waals surface area contributed by atoms with Gasteiger partial charge in [0.05, 0.1) is 24.2 Å². The number of hydrogen-bond donors (Lipinski definition) is 0. The highest BCUT2D eigenvalue weighted by Gasteiger charge is 2.21. The van der Waals surface area contributed by atoms with Crippen LogP contribution in [0, 0.1) is 0 Å². The van der Waals surface area contributed by atoms with Gasteiger partial charge in [0.2, 0.25) is 0 Å². The van der Waals surface area contributed by atoms with Gasteiger partial charge in [0.25, 0.3) is 0 Å². The summed E-state index contributed by atoms with van der Waals surface area (Å²) in [6.07, 6.45) is -0.214. The highest BCUT2D eigenvalue weighted by atomic mass is 32.2. The van der Waals surface area contributed by atoms with E-state index < -0.39 is 0 Å². The summed E-state index contributed by atoms with van der Waals surface area (Å²) in [5.74, 6) is 0.797. The van der Waals surface area contributed by atoms with E-state index in [1.54, 1.807) is 23.8 Å². The second-order valence-corrected chi connectivity index (χ2v) is 6.04. The Bertz CT molecular complexity index is 659. The van der Waals surface area contributed by atoms with E-state index in [1.165, 1.54) is 0 Å². The molecule has 118 valence electrons. The predicted octanol–water partition coefficient (Wildman–Crippen LogP) is 2.23. The van der Waals surface area contributed by atoms with Crippen molar-refractivity contribution in [3.8, 4) is 0 Å². The zero-order valence-corrected chi connectivity index (χ0v) is 13.3. The van der Waals surface area contributed by atoms with Gasteiger partial charge < -0.3 is 18.9 Å². The smallest absolute Gasteiger partial charge is 0.409 e. The van der Waals surface area contributed by atoms with Crippen molar-refractivity contribution in [2.45, 2.75) is 11.7 Å². The first-order chi connectivity index (χ1) is 10.8. The first-order valence-corrected chi connectivity index (χ1v) is 8.27. The Hall–Kier alpha value is -1.73. The highest BCUT2D eigenvalue weighted by molar-refractivity contribution is 7.99. The third kappa shape index (κ3) is 3.20. The molecule has 7 heteroatoms. The van der Waals surface area contributed by atoms with Crippen LogP contribution >= 0.6 is 11.8 Å². The van der Waals surface area contributed by atoms with Crippen molar-refractivity contribution in [3.63, 3.8) is 0 Å². The summed E-state index contributed by atoms with van der Waals surface area (Å²) in [5.41, 5.74) is 2.10. The molecule has 1 amide bonds. The fourth-order valence-electron chi connectivity index (χ4n) is 2.44. The number of para-hydroxylation sites is 2. The molecule has 6 nitrogen and oxygen atoms in total. The van der Waals surface area contributed by atoms with Gasteiger partial charge in [-0.15, -0.1) is 0 Å². The van der Waals surface area contributed by atoms with Gasteiger partial charge in [-0.25, -0.2) is 9.78 Å². The number of rotatable bonds is 7. The van der Waals surface area contributed by atoms with E-state index in [-0.39, 0.29) is 6.09 Å². The average Bonchev–Trinajstić information content (AvgIpc) is 3.09. The number of nitrogens with zero attached hydrogens (tertiary/aromatic N) is 3. The van der Waals surface area contributed by atoms with E-state index in [0.29, 0.717) is 26.3 Å². The number of aromatic nitrogens is 2. The molecule has 1 saturated heterocycles. The van der Waals surface area contributed by atoms with Crippen molar-refractivity contribution in [1.82, 2.24) is 14.5 Å². The molecule has 0 atom stereocenters. The van der Waals surface area contributed by atoms with Gasteiger partial charge >= 0.3 is 6.09 Å². The largest absolute Gasteiger partial charge is 0.448 e. The minimum Gasteiger partial charge on any atom is -0.448 e. The van der Waals surface area contributed by atoms with Crippen LogP contribution in [0.15, 0.2) is 29.4 Å². The Morgan fingerprint density at radius 1 is 1.36 bits per heavy atom. The lowest BCUT2D eigenvalue weighted by Crippen LogP contribution is -2.26. The van der Waals surface area contributed by atoms with Crippen LogP contribution in [0.5, 0.6) is 0 Å². The minimum atomic E-state index is -0.214. The fraction of sp³-hybridized carbons (Fsp3) is 0.467. The number of benzene rings is 1. The van der Waals surface area contributed by atoms with Crippen LogP contribution in [0.25, 0.3) is 11.0 Å². The summed E-state index contributed by atoms with van der Waals surface area (Å²) < 4.78 is 12.3. The number of hydrogen-bond acceptors (Lipinski definition) is 5. The molecular weight excluding hydrogens is 302 g/mol. The average molecular weight is 321 g/mol. The summed E-state index contributed by atoms with van der Waals surface area (Å²) in [7, 11) is 1.70. The third-order valence-electron chi connectivity index (χ3n) is 3.58. The summed E-state index contributed by atoms with van der Waals surface area (Å²) in [6, 6.07) is 8.09. The molecule has 0 radical (unpaired) electrons. The van der Waals surface area contributed by atoms with Gasteiger partial charge in [-0.05, 0) is 12.1 Å². The molecule has 2 heterocycles. The molecule has 0 spiro atoms. The zero-order chi connectivity index (χ0) is 15.4. The van der Waals surface area contributed by atoms with Crippen LogP contribution in [0.4, 0.5) is 4.79 Å². The molecular formula is C15H19N3O3S. The number of thioether (sulfide) groups is 1. The fourth-order valence-corrected chi connectivity index (χ4v) is 3.44. The van der Waals surface area contributed by atoms with E-state index in [4.69, 9.17) is 9.47 Å². The molecule has 2 aromatic rings. The molecule has 3 rings (SSSR count). The minimum absolute atomic E-state index is 0.214. The molecule has 1 aliphatic rings. The quantitative estimate of drug-likeness (QED) is 0.732. The maximum atomic E-state index is 11.4. The first-order valence-electron chi connectivity index (χ1n) is 7.28. The maximum Gasteiger partial charge on any atom is 0.409 e. The van der Waals surface area contributed by atoms with Crippen molar-refractivity contribution in [3.05, 3.63) is 24.3 Å². The van der Waals surface area contributed by atoms with Crippen LogP contribution in [-0.2, 0) is 16.0 Å². The number of fused-ring (bicyclic) bond motifs is 1. The molecule has 0 aliphatic carbocycles. The highest BCUT2D eigenvalue weighted by Crippen LogP contribution is 2.24. The lowest BCUT2D eigenvalue weighted by Gasteiger charge is -2.12. The van der Waals surface area contributed by atoms with E-state index >= 15 is 0 Å². The van der Waals surface area contributed by atoms with Crippen LogP contribution in [-0.4, -0.2) is 59.7 Å². The zero-order valence-electron chi connectivity index (χ0n) is 12.5. The lowest BCUT2D eigenvalue weighted by molar-refractivity contribution is 0.160. The number of imidazole rings is 1. The van der Waals surface area contributed by atoms with Crippen molar-refractivity contribution >= 4 is 28.9 Å². The molecule has 0 saturated carbocycles. The van der Waals surface area contributed by atoms with E-state index in [0.717, 1.165) is 28.5 Å². The molecule has 1 aromatic carbocycles. The van der Waals surface area contributed by atoms with Gasteiger partial charge in [0.15, 0.2) is 5.16 Å². The summed E-state index contributed by atoms with van der Waals surface area (Å²) in [5, 5.41) is 0.964. The number of carbonyl (C=O) groups excluding carboxylic acids is 1. The SMILES string of the molecule is COCCn1c(SCCN2CCOC2=O)nc2ccccc21. The molecule has 0 bridgehead atoms. The Morgan fingerprint density at radius 2 is 2.23 bits per heavy atom.